The van der Waals surface area contributed by atoms with Gasteiger partial charge in [0.25, 0.3) is 5.91 Å². The van der Waals surface area contributed by atoms with Crippen molar-refractivity contribution >= 4 is 22.7 Å². The lowest BCUT2D eigenvalue weighted by Gasteiger charge is -2.24. The molecule has 1 atom stereocenters. The van der Waals surface area contributed by atoms with E-state index in [2.05, 4.69) is 9.97 Å². The molecule has 0 saturated carbocycles. The minimum atomic E-state index is -0.382. The summed E-state index contributed by atoms with van der Waals surface area (Å²) in [5.41, 5.74) is 2.34. The molecule has 4 rings (SSSR count). The number of aromatic amines is 1. The maximum atomic E-state index is 13.1. The summed E-state index contributed by atoms with van der Waals surface area (Å²) in [6.07, 6.45) is 1.83. The van der Waals surface area contributed by atoms with E-state index in [0.717, 1.165) is 12.8 Å². The van der Waals surface area contributed by atoms with Crippen molar-refractivity contribution in [2.24, 2.45) is 0 Å². The van der Waals surface area contributed by atoms with E-state index in [1.807, 2.05) is 0 Å². The largest absolute Gasteiger partial charge is 0.388 e. The van der Waals surface area contributed by atoms with E-state index in [9.17, 15) is 19.1 Å². The summed E-state index contributed by atoms with van der Waals surface area (Å²) in [7, 11) is 0. The Labute approximate surface area is 161 Å². The highest BCUT2D eigenvalue weighted by Gasteiger charge is 2.31. The summed E-state index contributed by atoms with van der Waals surface area (Å²) in [6, 6.07) is 10.5. The molecule has 1 saturated heterocycles. The predicted octanol–water partition coefficient (Wildman–Crippen LogP) is 3.07. The van der Waals surface area contributed by atoms with Crippen LogP contribution < -0.4 is 0 Å². The first kappa shape index (κ1) is 18.3. The van der Waals surface area contributed by atoms with Gasteiger partial charge in [-0.15, -0.1) is 0 Å². The van der Waals surface area contributed by atoms with E-state index in [4.69, 9.17) is 0 Å². The molecular weight excluding hydrogens is 361 g/mol. The molecule has 1 aliphatic heterocycles. The quantitative estimate of drug-likeness (QED) is 0.665. The van der Waals surface area contributed by atoms with Crippen LogP contribution >= 0.6 is 0 Å². The van der Waals surface area contributed by atoms with Crippen LogP contribution in [0.15, 0.2) is 42.5 Å². The maximum Gasteiger partial charge on any atom is 0.254 e. The first-order chi connectivity index (χ1) is 13.5. The number of ketones is 1. The molecule has 2 heterocycles. The van der Waals surface area contributed by atoms with Gasteiger partial charge in [0, 0.05) is 30.1 Å². The summed E-state index contributed by atoms with van der Waals surface area (Å²) in [4.78, 5) is 34.5. The van der Waals surface area contributed by atoms with Crippen molar-refractivity contribution in [3.63, 3.8) is 0 Å². The van der Waals surface area contributed by atoms with Crippen molar-refractivity contribution in [2.75, 3.05) is 6.54 Å². The van der Waals surface area contributed by atoms with E-state index >= 15 is 0 Å². The van der Waals surface area contributed by atoms with Crippen LogP contribution in [0, 0.1) is 5.82 Å². The number of hydrogen-bond donors (Lipinski definition) is 2. The summed E-state index contributed by atoms with van der Waals surface area (Å²) < 4.78 is 13.1. The Kier molecular flexibility index (Phi) is 4.92. The summed E-state index contributed by atoms with van der Waals surface area (Å²) in [6.45, 7) is 0.404. The Morgan fingerprint density at radius 3 is 2.68 bits per heavy atom. The number of carbonyl (C=O) groups is 2. The number of nitrogens with zero attached hydrogens (tertiary/aromatic N) is 2. The number of imidazole rings is 1. The number of hydrogen-bond acceptors (Lipinski definition) is 4. The summed E-state index contributed by atoms with van der Waals surface area (Å²) in [5, 5.41) is 9.20. The first-order valence-electron chi connectivity index (χ1n) is 9.24. The average Bonchev–Trinajstić information content (AvgIpc) is 3.33. The Bertz CT molecular complexity index is 1030. The monoisotopic (exact) mass is 381 g/mol. The number of Topliss-reactive ketones (excluding diaryl/α,β-unsaturated/α-hetero) is 1. The highest BCUT2D eigenvalue weighted by molar-refractivity contribution is 5.99. The van der Waals surface area contributed by atoms with Crippen LogP contribution in [0.4, 0.5) is 4.39 Å². The van der Waals surface area contributed by atoms with Gasteiger partial charge in [0.1, 0.15) is 18.2 Å². The van der Waals surface area contributed by atoms with E-state index in [1.165, 1.54) is 24.3 Å². The second-order valence-electron chi connectivity index (χ2n) is 7.00. The standard InChI is InChI=1S/C21H20FN3O3/c22-15-6-3-13(4-7-15)19(27)11-16-2-1-9-25(16)21(28)14-5-8-17-18(10-14)24-20(12-26)23-17/h3-8,10,16,26H,1-2,9,11-12H2,(H,23,24). The van der Waals surface area contributed by atoms with Gasteiger partial charge in [0.05, 0.1) is 11.0 Å². The Morgan fingerprint density at radius 1 is 1.18 bits per heavy atom. The van der Waals surface area contributed by atoms with E-state index in [0.29, 0.717) is 34.5 Å². The van der Waals surface area contributed by atoms with Crippen LogP contribution in [0.3, 0.4) is 0 Å². The number of amides is 1. The number of nitrogens with one attached hydrogen (secondary N) is 1. The molecule has 0 bridgehead atoms. The smallest absolute Gasteiger partial charge is 0.254 e. The third kappa shape index (κ3) is 3.53. The Balaban J connectivity index is 1.51. The van der Waals surface area contributed by atoms with E-state index in [1.54, 1.807) is 23.1 Å². The SMILES string of the molecule is O=C(CC1CCCN1C(=O)c1ccc2nc(CO)[nH]c2c1)c1ccc(F)cc1. The van der Waals surface area contributed by atoms with Gasteiger partial charge < -0.3 is 15.0 Å². The number of H-pyrrole nitrogens is 1. The number of likely N-dealkylation sites (tertiary alicyclic amines) is 1. The normalized spacial score (nSPS) is 16.6. The summed E-state index contributed by atoms with van der Waals surface area (Å²) >= 11 is 0. The molecule has 1 fully saturated rings. The molecule has 1 aromatic heterocycles. The summed E-state index contributed by atoms with van der Waals surface area (Å²) in [5.74, 6) is -0.158. The lowest BCUT2D eigenvalue weighted by molar-refractivity contribution is 0.0717. The zero-order chi connectivity index (χ0) is 19.7. The maximum absolute atomic E-state index is 13.1. The number of halogens is 1. The molecule has 2 aromatic carbocycles. The molecule has 0 spiro atoms. The number of benzene rings is 2. The van der Waals surface area contributed by atoms with Crippen molar-refractivity contribution in [1.29, 1.82) is 0 Å². The van der Waals surface area contributed by atoms with Crippen molar-refractivity contribution in [2.45, 2.75) is 31.9 Å². The van der Waals surface area contributed by atoms with Crippen LogP contribution in [0.25, 0.3) is 11.0 Å². The first-order valence-corrected chi connectivity index (χ1v) is 9.24. The zero-order valence-electron chi connectivity index (χ0n) is 15.2. The number of aliphatic hydroxyl groups excluding tert-OH is 1. The van der Waals surface area contributed by atoms with Crippen molar-refractivity contribution in [3.8, 4) is 0 Å². The fourth-order valence-electron chi connectivity index (χ4n) is 3.72. The second-order valence-corrected chi connectivity index (χ2v) is 7.00. The fourth-order valence-corrected chi connectivity index (χ4v) is 3.72. The highest BCUT2D eigenvalue weighted by Crippen LogP contribution is 2.25. The molecule has 7 heteroatoms. The minimum absolute atomic E-state index is 0.0960. The Morgan fingerprint density at radius 2 is 1.93 bits per heavy atom. The van der Waals surface area contributed by atoms with Gasteiger partial charge >= 0.3 is 0 Å². The van der Waals surface area contributed by atoms with Gasteiger partial charge in [-0.05, 0) is 55.3 Å². The van der Waals surface area contributed by atoms with Crippen LogP contribution in [-0.4, -0.2) is 44.3 Å². The van der Waals surface area contributed by atoms with Gasteiger partial charge in [0.2, 0.25) is 0 Å². The van der Waals surface area contributed by atoms with Crippen molar-refractivity contribution in [3.05, 3.63) is 65.2 Å². The molecule has 1 unspecified atom stereocenters. The van der Waals surface area contributed by atoms with Crippen molar-refractivity contribution < 1.29 is 19.1 Å². The van der Waals surface area contributed by atoms with E-state index < -0.39 is 0 Å². The minimum Gasteiger partial charge on any atom is -0.388 e. The zero-order valence-corrected chi connectivity index (χ0v) is 15.2. The molecule has 0 radical (unpaired) electrons. The molecule has 6 nitrogen and oxygen atoms in total. The van der Waals surface area contributed by atoms with Gasteiger partial charge in [-0.3, -0.25) is 9.59 Å². The number of carbonyl (C=O) groups excluding carboxylic acids is 2. The van der Waals surface area contributed by atoms with Gasteiger partial charge in [-0.25, -0.2) is 9.37 Å². The third-order valence-corrected chi connectivity index (χ3v) is 5.15. The van der Waals surface area contributed by atoms with Gasteiger partial charge in [-0.2, -0.15) is 0 Å². The third-order valence-electron chi connectivity index (χ3n) is 5.15. The fraction of sp³-hybridized carbons (Fsp3) is 0.286. The van der Waals surface area contributed by atoms with Crippen molar-refractivity contribution in [1.82, 2.24) is 14.9 Å². The molecule has 2 N–H and O–H groups in total. The molecule has 1 aliphatic rings. The van der Waals surface area contributed by atoms with Crippen LogP contribution in [0.5, 0.6) is 0 Å². The van der Waals surface area contributed by atoms with Crippen LogP contribution in [0.2, 0.25) is 0 Å². The molecule has 0 aliphatic carbocycles. The van der Waals surface area contributed by atoms with Gasteiger partial charge in [0.15, 0.2) is 5.78 Å². The second kappa shape index (κ2) is 7.52. The average molecular weight is 381 g/mol. The lowest BCUT2D eigenvalue weighted by atomic mass is 10.0. The van der Waals surface area contributed by atoms with Crippen LogP contribution in [0.1, 0.15) is 45.8 Å². The molecule has 28 heavy (non-hydrogen) atoms. The Hall–Kier alpha value is -3.06. The number of rotatable bonds is 5. The predicted molar refractivity (Wildman–Crippen MR) is 101 cm³/mol. The molecule has 1 amide bonds. The topological polar surface area (TPSA) is 86.3 Å². The number of aromatic nitrogens is 2. The number of fused-ring (bicyclic) bond motifs is 1. The number of aliphatic hydroxyl groups is 1. The lowest BCUT2D eigenvalue weighted by Crippen LogP contribution is -2.36. The van der Waals surface area contributed by atoms with Crippen LogP contribution in [-0.2, 0) is 6.61 Å². The molecule has 3 aromatic rings. The van der Waals surface area contributed by atoms with Gasteiger partial charge in [-0.1, -0.05) is 0 Å². The molecular formula is C21H20FN3O3. The highest BCUT2D eigenvalue weighted by atomic mass is 19.1. The van der Waals surface area contributed by atoms with E-state index in [-0.39, 0.29) is 36.6 Å². The molecule has 144 valence electrons.